The first kappa shape index (κ1) is 12.6. The molecule has 0 saturated carbocycles. The highest BCUT2D eigenvalue weighted by Crippen LogP contribution is 2.30. The molecule has 0 aliphatic carbocycles. The lowest BCUT2D eigenvalue weighted by atomic mass is 10.1. The van der Waals surface area contributed by atoms with Gasteiger partial charge in [0.15, 0.2) is 5.82 Å². The Morgan fingerprint density at radius 3 is 2.72 bits per heavy atom. The Kier molecular flexibility index (Phi) is 3.36. The molecular formula is C14H18FN3. The predicted octanol–water partition coefficient (Wildman–Crippen LogP) is 3.41. The van der Waals surface area contributed by atoms with Gasteiger partial charge in [-0.25, -0.2) is 4.39 Å². The van der Waals surface area contributed by atoms with Crippen LogP contribution in [0.2, 0.25) is 0 Å². The summed E-state index contributed by atoms with van der Waals surface area (Å²) >= 11 is 0. The number of nitrogens with zero attached hydrogens (tertiary/aromatic N) is 1. The SMILES string of the molecule is CC(C)C(C)Nc1c(F)cc(N)c2cccnc12. The van der Waals surface area contributed by atoms with Crippen molar-refractivity contribution in [2.45, 2.75) is 26.8 Å². The average molecular weight is 247 g/mol. The maximum absolute atomic E-state index is 14.0. The van der Waals surface area contributed by atoms with Crippen LogP contribution in [0.4, 0.5) is 15.8 Å². The zero-order valence-corrected chi connectivity index (χ0v) is 10.9. The summed E-state index contributed by atoms with van der Waals surface area (Å²) in [6, 6.07) is 5.15. The van der Waals surface area contributed by atoms with Gasteiger partial charge in [-0.15, -0.1) is 0 Å². The third-order valence-corrected chi connectivity index (χ3v) is 3.25. The minimum Gasteiger partial charge on any atom is -0.398 e. The molecule has 0 bridgehead atoms. The molecule has 2 aromatic rings. The molecule has 18 heavy (non-hydrogen) atoms. The standard InChI is InChI=1S/C14H18FN3/c1-8(2)9(3)18-14-11(15)7-12(16)10-5-4-6-17-13(10)14/h4-9,18H,16H2,1-3H3. The van der Waals surface area contributed by atoms with E-state index in [2.05, 4.69) is 24.1 Å². The molecule has 1 unspecified atom stereocenters. The lowest BCUT2D eigenvalue weighted by Crippen LogP contribution is -2.22. The summed E-state index contributed by atoms with van der Waals surface area (Å²) in [6.07, 6.45) is 1.65. The zero-order valence-electron chi connectivity index (χ0n) is 10.9. The number of nitrogens with one attached hydrogen (secondary N) is 1. The highest BCUT2D eigenvalue weighted by atomic mass is 19.1. The normalized spacial score (nSPS) is 12.9. The van der Waals surface area contributed by atoms with Gasteiger partial charge in [-0.1, -0.05) is 13.8 Å². The fourth-order valence-electron chi connectivity index (χ4n) is 1.77. The maximum atomic E-state index is 14.0. The van der Waals surface area contributed by atoms with E-state index in [4.69, 9.17) is 5.73 Å². The molecule has 3 N–H and O–H groups in total. The lowest BCUT2D eigenvalue weighted by Gasteiger charge is -2.20. The molecule has 96 valence electrons. The largest absolute Gasteiger partial charge is 0.398 e. The third kappa shape index (κ3) is 2.23. The van der Waals surface area contributed by atoms with Gasteiger partial charge in [0.25, 0.3) is 0 Å². The van der Waals surface area contributed by atoms with E-state index in [1.165, 1.54) is 6.07 Å². The molecule has 1 atom stereocenters. The zero-order chi connectivity index (χ0) is 13.3. The molecule has 0 fully saturated rings. The van der Waals surface area contributed by atoms with Crippen LogP contribution in [0.25, 0.3) is 10.9 Å². The first-order valence-corrected chi connectivity index (χ1v) is 6.10. The summed E-state index contributed by atoms with van der Waals surface area (Å²) in [5.74, 6) is 0.0481. The van der Waals surface area contributed by atoms with E-state index in [0.717, 1.165) is 5.39 Å². The number of nitrogens with two attached hydrogens (primary N) is 1. The summed E-state index contributed by atoms with van der Waals surface area (Å²) in [7, 11) is 0. The first-order chi connectivity index (χ1) is 8.50. The minimum absolute atomic E-state index is 0.160. The molecule has 0 saturated heterocycles. The number of hydrogen-bond donors (Lipinski definition) is 2. The Morgan fingerprint density at radius 2 is 2.06 bits per heavy atom. The lowest BCUT2D eigenvalue weighted by molar-refractivity contribution is 0.553. The van der Waals surface area contributed by atoms with Crippen LogP contribution in [0.3, 0.4) is 0 Å². The summed E-state index contributed by atoms with van der Waals surface area (Å²) in [5.41, 5.74) is 7.24. The number of pyridine rings is 1. The van der Waals surface area contributed by atoms with Crippen LogP contribution < -0.4 is 11.1 Å². The molecule has 3 nitrogen and oxygen atoms in total. The van der Waals surface area contributed by atoms with Gasteiger partial charge in [0.2, 0.25) is 0 Å². The second kappa shape index (κ2) is 4.80. The molecular weight excluding hydrogens is 229 g/mol. The van der Waals surface area contributed by atoms with Gasteiger partial charge in [0.1, 0.15) is 0 Å². The van der Waals surface area contributed by atoms with Gasteiger partial charge in [-0.3, -0.25) is 4.98 Å². The number of benzene rings is 1. The van der Waals surface area contributed by atoms with Crippen molar-refractivity contribution in [2.75, 3.05) is 11.1 Å². The van der Waals surface area contributed by atoms with Gasteiger partial charge in [0.05, 0.1) is 11.2 Å². The molecule has 0 aliphatic heterocycles. The van der Waals surface area contributed by atoms with Gasteiger partial charge in [-0.2, -0.15) is 0 Å². The maximum Gasteiger partial charge on any atom is 0.150 e. The quantitative estimate of drug-likeness (QED) is 0.817. The van der Waals surface area contributed by atoms with Crippen molar-refractivity contribution < 1.29 is 4.39 Å². The number of anilines is 2. The second-order valence-electron chi connectivity index (χ2n) is 4.90. The Balaban J connectivity index is 2.56. The van der Waals surface area contributed by atoms with E-state index in [1.807, 2.05) is 13.0 Å². The van der Waals surface area contributed by atoms with E-state index in [9.17, 15) is 4.39 Å². The Hall–Kier alpha value is -1.84. The smallest absolute Gasteiger partial charge is 0.150 e. The summed E-state index contributed by atoms with van der Waals surface area (Å²) in [4.78, 5) is 4.23. The highest BCUT2D eigenvalue weighted by Gasteiger charge is 2.15. The number of aromatic nitrogens is 1. The molecule has 0 radical (unpaired) electrons. The highest BCUT2D eigenvalue weighted by molar-refractivity contribution is 5.98. The number of nitrogen functional groups attached to an aromatic ring is 1. The van der Waals surface area contributed by atoms with Crippen LogP contribution >= 0.6 is 0 Å². The van der Waals surface area contributed by atoms with E-state index in [1.54, 1.807) is 12.3 Å². The number of fused-ring (bicyclic) bond motifs is 1. The average Bonchev–Trinajstić information content (AvgIpc) is 2.34. The minimum atomic E-state index is -0.355. The van der Waals surface area contributed by atoms with Crippen LogP contribution in [0, 0.1) is 11.7 Å². The second-order valence-corrected chi connectivity index (χ2v) is 4.90. The van der Waals surface area contributed by atoms with E-state index >= 15 is 0 Å². The van der Waals surface area contributed by atoms with Gasteiger partial charge in [-0.05, 0) is 31.0 Å². The van der Waals surface area contributed by atoms with Crippen molar-refractivity contribution in [2.24, 2.45) is 5.92 Å². The van der Waals surface area contributed by atoms with Crippen molar-refractivity contribution >= 4 is 22.3 Å². The summed E-state index contributed by atoms with van der Waals surface area (Å²) in [6.45, 7) is 6.19. The molecule has 1 aromatic carbocycles. The molecule has 4 heteroatoms. The molecule has 0 amide bonds. The molecule has 1 aromatic heterocycles. The first-order valence-electron chi connectivity index (χ1n) is 6.10. The fourth-order valence-corrected chi connectivity index (χ4v) is 1.77. The number of hydrogen-bond acceptors (Lipinski definition) is 3. The van der Waals surface area contributed by atoms with Crippen molar-refractivity contribution in [3.05, 3.63) is 30.2 Å². The Bertz CT molecular complexity index is 566. The van der Waals surface area contributed by atoms with Crippen molar-refractivity contribution in [3.63, 3.8) is 0 Å². The van der Waals surface area contributed by atoms with E-state index in [-0.39, 0.29) is 11.9 Å². The Labute approximate surface area is 106 Å². The van der Waals surface area contributed by atoms with Crippen LogP contribution in [-0.2, 0) is 0 Å². The summed E-state index contributed by atoms with van der Waals surface area (Å²) in [5, 5.41) is 3.96. The van der Waals surface area contributed by atoms with Gasteiger partial charge < -0.3 is 11.1 Å². The van der Waals surface area contributed by atoms with Crippen molar-refractivity contribution in [1.82, 2.24) is 4.98 Å². The number of rotatable bonds is 3. The molecule has 2 rings (SSSR count). The van der Waals surface area contributed by atoms with Crippen molar-refractivity contribution in [1.29, 1.82) is 0 Å². The van der Waals surface area contributed by atoms with Crippen LogP contribution in [-0.4, -0.2) is 11.0 Å². The monoisotopic (exact) mass is 247 g/mol. The predicted molar refractivity (Wildman–Crippen MR) is 74.0 cm³/mol. The van der Waals surface area contributed by atoms with Gasteiger partial charge >= 0.3 is 0 Å². The fraction of sp³-hybridized carbons (Fsp3) is 0.357. The summed E-state index contributed by atoms with van der Waals surface area (Å²) < 4.78 is 14.0. The topological polar surface area (TPSA) is 50.9 Å². The number of halogens is 1. The molecule has 1 heterocycles. The van der Waals surface area contributed by atoms with Crippen LogP contribution in [0.5, 0.6) is 0 Å². The van der Waals surface area contributed by atoms with Crippen LogP contribution in [0.15, 0.2) is 24.4 Å². The molecule has 0 aliphatic rings. The Morgan fingerprint density at radius 1 is 1.33 bits per heavy atom. The third-order valence-electron chi connectivity index (χ3n) is 3.25. The van der Waals surface area contributed by atoms with E-state index in [0.29, 0.717) is 22.8 Å². The molecule has 0 spiro atoms. The van der Waals surface area contributed by atoms with Crippen LogP contribution in [0.1, 0.15) is 20.8 Å². The van der Waals surface area contributed by atoms with Gasteiger partial charge in [0, 0.05) is 23.3 Å². The van der Waals surface area contributed by atoms with E-state index < -0.39 is 0 Å². The van der Waals surface area contributed by atoms with Crippen molar-refractivity contribution in [3.8, 4) is 0 Å².